The largest absolute Gasteiger partial charge is 0.466 e. The van der Waals surface area contributed by atoms with Crippen molar-refractivity contribution < 1.29 is 24.5 Å². The van der Waals surface area contributed by atoms with E-state index < -0.39 is 12.1 Å². The molecule has 0 aliphatic rings. The Hall–Kier alpha value is -1.92. The van der Waals surface area contributed by atoms with Crippen LogP contribution in [0.5, 0.6) is 0 Å². The predicted octanol–water partition coefficient (Wildman–Crippen LogP) is 21.5. The molecule has 1 amide bonds. The van der Waals surface area contributed by atoms with Gasteiger partial charge in [-0.1, -0.05) is 307 Å². The second kappa shape index (κ2) is 64.6. The lowest BCUT2D eigenvalue weighted by Gasteiger charge is -2.22. The molecule has 6 heteroatoms. The number of carbonyl (C=O) groups is 2. The lowest BCUT2D eigenvalue weighted by molar-refractivity contribution is -0.143. The van der Waals surface area contributed by atoms with Gasteiger partial charge in [-0.25, -0.2) is 0 Å². The zero-order chi connectivity index (χ0) is 54.3. The van der Waals surface area contributed by atoms with Gasteiger partial charge in [-0.3, -0.25) is 9.59 Å². The Balaban J connectivity index is 3.37. The number of ether oxygens (including phenoxy) is 1. The zero-order valence-corrected chi connectivity index (χ0v) is 50.5. The molecule has 3 N–H and O–H groups in total. The molecule has 442 valence electrons. The highest BCUT2D eigenvalue weighted by atomic mass is 16.5. The molecule has 2 unspecified atom stereocenters. The summed E-state index contributed by atoms with van der Waals surface area (Å²) in [6.45, 7) is 4.94. The van der Waals surface area contributed by atoms with Gasteiger partial charge in [0.15, 0.2) is 0 Å². The first-order valence-electron chi connectivity index (χ1n) is 33.7. The molecule has 6 nitrogen and oxygen atoms in total. The minimum absolute atomic E-state index is 0.00760. The third kappa shape index (κ3) is 61.2. The van der Waals surface area contributed by atoms with Gasteiger partial charge in [0.25, 0.3) is 0 Å². The Morgan fingerprint density at radius 1 is 0.373 bits per heavy atom. The number of rotatable bonds is 63. The van der Waals surface area contributed by atoms with Crippen molar-refractivity contribution in [3.05, 3.63) is 36.5 Å². The highest BCUT2D eigenvalue weighted by Crippen LogP contribution is 2.18. The quantitative estimate of drug-likeness (QED) is 0.0320. The summed E-state index contributed by atoms with van der Waals surface area (Å²) >= 11 is 0. The number of esters is 1. The highest BCUT2D eigenvalue weighted by Gasteiger charge is 2.20. The van der Waals surface area contributed by atoms with Crippen LogP contribution in [0.2, 0.25) is 0 Å². The third-order valence-corrected chi connectivity index (χ3v) is 15.7. The van der Waals surface area contributed by atoms with Gasteiger partial charge in [-0.2, -0.15) is 0 Å². The Morgan fingerprint density at radius 2 is 0.667 bits per heavy atom. The topological polar surface area (TPSA) is 95.9 Å². The molecule has 2 atom stereocenters. The number of hydrogen-bond donors (Lipinski definition) is 3. The number of nitrogens with one attached hydrogen (secondary N) is 1. The Kier molecular flexibility index (Phi) is 63.0. The number of unbranched alkanes of at least 4 members (excludes halogenated alkanes) is 46. The Morgan fingerprint density at radius 3 is 1.05 bits per heavy atom. The van der Waals surface area contributed by atoms with Crippen LogP contribution < -0.4 is 5.32 Å². The van der Waals surface area contributed by atoms with Crippen molar-refractivity contribution in [2.24, 2.45) is 0 Å². The van der Waals surface area contributed by atoms with Crippen LogP contribution in [0.15, 0.2) is 36.5 Å². The summed E-state index contributed by atoms with van der Waals surface area (Å²) in [6, 6.07) is -0.542. The minimum Gasteiger partial charge on any atom is -0.466 e. The van der Waals surface area contributed by atoms with Crippen LogP contribution in [0.25, 0.3) is 0 Å². The van der Waals surface area contributed by atoms with Gasteiger partial charge in [0, 0.05) is 12.8 Å². The van der Waals surface area contributed by atoms with E-state index in [1.165, 1.54) is 283 Å². The number of aliphatic hydroxyl groups is 2. The van der Waals surface area contributed by atoms with Gasteiger partial charge >= 0.3 is 5.97 Å². The van der Waals surface area contributed by atoms with Crippen molar-refractivity contribution in [2.75, 3.05) is 13.2 Å². The van der Waals surface area contributed by atoms with Gasteiger partial charge in [-0.05, 0) is 83.5 Å². The van der Waals surface area contributed by atoms with E-state index in [0.717, 1.165) is 51.4 Å². The van der Waals surface area contributed by atoms with Crippen LogP contribution in [0.4, 0.5) is 0 Å². The van der Waals surface area contributed by atoms with Crippen molar-refractivity contribution >= 4 is 11.9 Å². The average molecular weight is 1050 g/mol. The maximum Gasteiger partial charge on any atom is 0.305 e. The molecule has 0 spiro atoms. The summed E-state index contributed by atoms with van der Waals surface area (Å²) in [5.41, 5.74) is 0. The first-order valence-corrected chi connectivity index (χ1v) is 33.7. The molecule has 0 aliphatic carbocycles. The number of amides is 1. The van der Waals surface area contributed by atoms with E-state index in [0.29, 0.717) is 25.9 Å². The Labute approximate surface area is 468 Å². The van der Waals surface area contributed by atoms with Crippen LogP contribution in [-0.4, -0.2) is 47.4 Å². The van der Waals surface area contributed by atoms with Crippen molar-refractivity contribution in [1.82, 2.24) is 5.32 Å². The van der Waals surface area contributed by atoms with Crippen LogP contribution >= 0.6 is 0 Å². The van der Waals surface area contributed by atoms with Crippen molar-refractivity contribution in [3.63, 3.8) is 0 Å². The lowest BCUT2D eigenvalue weighted by atomic mass is 10.0. The molecule has 0 heterocycles. The zero-order valence-electron chi connectivity index (χ0n) is 50.5. The summed E-state index contributed by atoms with van der Waals surface area (Å²) in [4.78, 5) is 24.6. The van der Waals surface area contributed by atoms with Crippen molar-refractivity contribution in [3.8, 4) is 0 Å². The molecule has 0 aromatic carbocycles. The van der Waals surface area contributed by atoms with E-state index in [-0.39, 0.29) is 18.5 Å². The van der Waals surface area contributed by atoms with Gasteiger partial charge in [0.05, 0.1) is 25.4 Å². The fourth-order valence-corrected chi connectivity index (χ4v) is 10.5. The molecular formula is C69H131NO5. The van der Waals surface area contributed by atoms with Crippen LogP contribution in [0.1, 0.15) is 367 Å². The summed E-state index contributed by atoms with van der Waals surface area (Å²) < 4.78 is 5.49. The Bertz CT molecular complexity index is 1210. The predicted molar refractivity (Wildman–Crippen MR) is 329 cm³/mol. The van der Waals surface area contributed by atoms with Crippen LogP contribution in [0.3, 0.4) is 0 Å². The SMILES string of the molecule is CCCCC/C=C\C/C=C\CCCCCCCCCC(=O)OCCCCCCCCCCCCCC/C=C\CCCCCCCCCCCCCC(=O)NC(CO)C(O)CCCCCCCCCCCCCCCC. The molecule has 0 rings (SSSR count). The van der Waals surface area contributed by atoms with E-state index in [4.69, 9.17) is 4.74 Å². The average Bonchev–Trinajstić information content (AvgIpc) is 3.41. The fraction of sp³-hybridized carbons (Fsp3) is 0.884. The van der Waals surface area contributed by atoms with E-state index in [1.807, 2.05) is 0 Å². The first-order chi connectivity index (χ1) is 37.0. The number of carbonyl (C=O) groups excluding carboxylic acids is 2. The molecular weight excluding hydrogens is 923 g/mol. The minimum atomic E-state index is -0.664. The standard InChI is InChI=1S/C69H131NO5/c1-3-5-7-9-11-13-15-17-19-31-35-39-43-47-51-55-59-63-69(74)75-64-60-56-52-48-44-40-36-33-30-28-26-24-22-20-21-23-25-27-29-32-34-38-42-46-50-54-58-62-68(73)70-66(65-71)67(72)61-57-53-49-45-41-37-18-16-14-12-10-8-6-4-2/h11,13,17,19-21,66-67,71-72H,3-10,12,14-16,18,22-65H2,1-2H3,(H,70,73)/b13-11-,19-17-,21-20-. The second-order valence-corrected chi connectivity index (χ2v) is 23.1. The van der Waals surface area contributed by atoms with Crippen LogP contribution in [0, 0.1) is 0 Å². The maximum absolute atomic E-state index is 12.5. The first kappa shape index (κ1) is 73.1. The number of hydrogen-bond acceptors (Lipinski definition) is 5. The van der Waals surface area contributed by atoms with E-state index in [9.17, 15) is 19.8 Å². The number of allylic oxidation sites excluding steroid dienone is 6. The summed E-state index contributed by atoms with van der Waals surface area (Å²) in [6.07, 6.45) is 81.8. The van der Waals surface area contributed by atoms with E-state index >= 15 is 0 Å². The second-order valence-electron chi connectivity index (χ2n) is 23.1. The lowest BCUT2D eigenvalue weighted by Crippen LogP contribution is -2.45. The summed E-state index contributed by atoms with van der Waals surface area (Å²) in [7, 11) is 0. The third-order valence-electron chi connectivity index (χ3n) is 15.7. The van der Waals surface area contributed by atoms with Gasteiger partial charge in [-0.15, -0.1) is 0 Å². The van der Waals surface area contributed by atoms with Gasteiger partial charge in [0.2, 0.25) is 5.91 Å². The number of aliphatic hydroxyl groups excluding tert-OH is 2. The molecule has 0 saturated heterocycles. The molecule has 0 aliphatic heterocycles. The normalized spacial score (nSPS) is 12.7. The fourth-order valence-electron chi connectivity index (χ4n) is 10.5. The van der Waals surface area contributed by atoms with Gasteiger partial charge < -0.3 is 20.3 Å². The highest BCUT2D eigenvalue weighted by molar-refractivity contribution is 5.76. The molecule has 0 aromatic rings. The molecule has 0 bridgehead atoms. The smallest absolute Gasteiger partial charge is 0.305 e. The summed E-state index contributed by atoms with van der Waals surface area (Å²) in [5, 5.41) is 23.3. The molecule has 0 radical (unpaired) electrons. The molecule has 0 fully saturated rings. The van der Waals surface area contributed by atoms with Crippen LogP contribution in [-0.2, 0) is 14.3 Å². The monoisotopic (exact) mass is 1050 g/mol. The van der Waals surface area contributed by atoms with E-state index in [1.54, 1.807) is 0 Å². The van der Waals surface area contributed by atoms with E-state index in [2.05, 4.69) is 55.6 Å². The molecule has 0 saturated carbocycles. The molecule has 75 heavy (non-hydrogen) atoms. The van der Waals surface area contributed by atoms with Gasteiger partial charge in [0.1, 0.15) is 0 Å². The molecule has 0 aromatic heterocycles. The van der Waals surface area contributed by atoms with Crippen molar-refractivity contribution in [2.45, 2.75) is 379 Å². The van der Waals surface area contributed by atoms with Crippen molar-refractivity contribution in [1.29, 1.82) is 0 Å². The maximum atomic E-state index is 12.5. The summed E-state index contributed by atoms with van der Waals surface area (Å²) in [5.74, 6) is -0.0266.